The summed E-state index contributed by atoms with van der Waals surface area (Å²) in [5, 5.41) is 24.5. The second-order valence-electron chi connectivity index (χ2n) is 6.38. The standard InChI is InChI=1S/C20H17ClN6O/c21-16-7-9-19(26-13-23-24-25-26)17(11-16)15-6-8-20(27(28)12-15)18(22)10-14-4-2-1-3-5-14/h1-9,11-13,18H,10,22H2. The van der Waals surface area contributed by atoms with Gasteiger partial charge in [0.1, 0.15) is 6.33 Å². The molecular formula is C20H17ClN6O. The van der Waals surface area contributed by atoms with Gasteiger partial charge < -0.3 is 10.9 Å². The van der Waals surface area contributed by atoms with Crippen LogP contribution in [0.25, 0.3) is 16.8 Å². The van der Waals surface area contributed by atoms with E-state index >= 15 is 0 Å². The number of halogens is 1. The minimum Gasteiger partial charge on any atom is -0.618 e. The predicted octanol–water partition coefficient (Wildman–Crippen LogP) is 2.86. The van der Waals surface area contributed by atoms with E-state index in [1.165, 1.54) is 17.2 Å². The average molecular weight is 393 g/mol. The first-order valence-electron chi connectivity index (χ1n) is 8.68. The summed E-state index contributed by atoms with van der Waals surface area (Å²) in [6.07, 6.45) is 3.57. The lowest BCUT2D eigenvalue weighted by atomic mass is 10.0. The van der Waals surface area contributed by atoms with Gasteiger partial charge in [-0.1, -0.05) is 41.9 Å². The van der Waals surface area contributed by atoms with Gasteiger partial charge in [0.05, 0.1) is 11.7 Å². The molecule has 0 saturated heterocycles. The highest BCUT2D eigenvalue weighted by Gasteiger charge is 2.18. The summed E-state index contributed by atoms with van der Waals surface area (Å²) in [5.74, 6) is 0. The summed E-state index contributed by atoms with van der Waals surface area (Å²) in [7, 11) is 0. The number of nitrogens with two attached hydrogens (primary N) is 1. The zero-order valence-electron chi connectivity index (χ0n) is 14.8. The van der Waals surface area contributed by atoms with Gasteiger partial charge in [0.15, 0.2) is 6.20 Å². The highest BCUT2D eigenvalue weighted by atomic mass is 35.5. The normalized spacial score (nSPS) is 12.1. The van der Waals surface area contributed by atoms with E-state index in [0.29, 0.717) is 22.7 Å². The molecule has 0 aliphatic carbocycles. The number of aromatic nitrogens is 5. The molecule has 4 aromatic rings. The first kappa shape index (κ1) is 18.1. The van der Waals surface area contributed by atoms with Crippen molar-refractivity contribution in [1.82, 2.24) is 20.2 Å². The fraction of sp³-hybridized carbons (Fsp3) is 0.100. The highest BCUT2D eigenvalue weighted by molar-refractivity contribution is 6.31. The Morgan fingerprint density at radius 1 is 1.11 bits per heavy atom. The molecule has 0 bridgehead atoms. The van der Waals surface area contributed by atoms with E-state index in [4.69, 9.17) is 17.3 Å². The lowest BCUT2D eigenvalue weighted by Crippen LogP contribution is -2.36. The molecule has 0 aliphatic rings. The molecule has 140 valence electrons. The molecule has 28 heavy (non-hydrogen) atoms. The van der Waals surface area contributed by atoms with Crippen molar-refractivity contribution < 1.29 is 4.73 Å². The third-order valence-corrected chi connectivity index (χ3v) is 4.72. The van der Waals surface area contributed by atoms with E-state index in [0.717, 1.165) is 21.5 Å². The van der Waals surface area contributed by atoms with Gasteiger partial charge in [0.25, 0.3) is 0 Å². The molecule has 2 aromatic heterocycles. The van der Waals surface area contributed by atoms with Crippen molar-refractivity contribution in [1.29, 1.82) is 0 Å². The van der Waals surface area contributed by atoms with Gasteiger partial charge >= 0.3 is 0 Å². The fourth-order valence-electron chi connectivity index (χ4n) is 3.12. The van der Waals surface area contributed by atoms with Crippen molar-refractivity contribution in [3.8, 4) is 16.8 Å². The molecule has 4 rings (SSSR count). The molecule has 0 spiro atoms. The zero-order chi connectivity index (χ0) is 19.5. The van der Waals surface area contributed by atoms with Crippen molar-refractivity contribution in [3.63, 3.8) is 0 Å². The monoisotopic (exact) mass is 392 g/mol. The zero-order valence-corrected chi connectivity index (χ0v) is 15.6. The van der Waals surface area contributed by atoms with Gasteiger partial charge in [-0.3, -0.25) is 0 Å². The van der Waals surface area contributed by atoms with Crippen LogP contribution in [0.3, 0.4) is 0 Å². The van der Waals surface area contributed by atoms with Crippen molar-refractivity contribution >= 4 is 11.6 Å². The number of pyridine rings is 1. The minimum absolute atomic E-state index is 0.410. The molecule has 1 unspecified atom stereocenters. The molecule has 8 heteroatoms. The summed E-state index contributed by atoms with van der Waals surface area (Å²) in [4.78, 5) is 0. The van der Waals surface area contributed by atoms with Crippen molar-refractivity contribution in [2.75, 3.05) is 0 Å². The molecule has 0 aliphatic heterocycles. The van der Waals surface area contributed by atoms with Gasteiger partial charge in [-0.15, -0.1) is 5.10 Å². The number of rotatable bonds is 5. The van der Waals surface area contributed by atoms with Gasteiger partial charge in [-0.05, 0) is 46.7 Å². The minimum atomic E-state index is -0.410. The molecule has 2 aromatic carbocycles. The Bertz CT molecular complexity index is 1090. The number of nitrogens with zero attached hydrogens (tertiary/aromatic N) is 5. The second kappa shape index (κ2) is 7.75. The molecule has 2 N–H and O–H groups in total. The van der Waals surface area contributed by atoms with Gasteiger partial charge in [-0.2, -0.15) is 9.41 Å². The van der Waals surface area contributed by atoms with Crippen LogP contribution in [0.5, 0.6) is 0 Å². The lowest BCUT2D eigenvalue weighted by Gasteiger charge is -2.14. The number of hydrogen-bond donors (Lipinski definition) is 1. The molecule has 0 fully saturated rings. The smallest absolute Gasteiger partial charge is 0.209 e. The Hall–Kier alpha value is -3.29. The molecule has 0 saturated carbocycles. The van der Waals surface area contributed by atoms with Gasteiger partial charge in [0.2, 0.25) is 5.69 Å². The summed E-state index contributed by atoms with van der Waals surface area (Å²) in [6.45, 7) is 0. The fourth-order valence-corrected chi connectivity index (χ4v) is 3.29. The van der Waals surface area contributed by atoms with Crippen molar-refractivity contribution in [3.05, 3.63) is 94.7 Å². The van der Waals surface area contributed by atoms with Crippen LogP contribution in [-0.4, -0.2) is 20.2 Å². The van der Waals surface area contributed by atoms with Crippen LogP contribution in [0.2, 0.25) is 5.02 Å². The molecule has 2 heterocycles. The largest absolute Gasteiger partial charge is 0.618 e. The lowest BCUT2D eigenvalue weighted by molar-refractivity contribution is -0.615. The SMILES string of the molecule is NC(Cc1ccccc1)c1ccc(-c2cc(Cl)ccc2-n2cnnn2)c[n+]1[O-]. The Kier molecular flexibility index (Phi) is 5.01. The predicted molar refractivity (Wildman–Crippen MR) is 106 cm³/mol. The van der Waals surface area contributed by atoms with Crippen LogP contribution < -0.4 is 10.5 Å². The summed E-state index contributed by atoms with van der Waals surface area (Å²) >= 11 is 6.17. The van der Waals surface area contributed by atoms with Crippen LogP contribution in [0, 0.1) is 5.21 Å². The topological polar surface area (TPSA) is 96.6 Å². The maximum absolute atomic E-state index is 12.7. The van der Waals surface area contributed by atoms with E-state index in [1.54, 1.807) is 24.3 Å². The third-order valence-electron chi connectivity index (χ3n) is 4.49. The van der Waals surface area contributed by atoms with Crippen LogP contribution in [0.4, 0.5) is 0 Å². The van der Waals surface area contributed by atoms with Crippen LogP contribution in [-0.2, 0) is 6.42 Å². The summed E-state index contributed by atoms with van der Waals surface area (Å²) in [5.41, 5.74) is 10.0. The van der Waals surface area contributed by atoms with Crippen LogP contribution in [0.1, 0.15) is 17.3 Å². The first-order chi connectivity index (χ1) is 13.6. The number of benzene rings is 2. The van der Waals surface area contributed by atoms with Crippen LogP contribution in [0.15, 0.2) is 73.2 Å². The molecular weight excluding hydrogens is 376 g/mol. The van der Waals surface area contributed by atoms with Gasteiger partial charge in [0, 0.05) is 22.2 Å². The quantitative estimate of drug-likeness (QED) is 0.416. The third kappa shape index (κ3) is 3.71. The molecule has 7 nitrogen and oxygen atoms in total. The number of hydrogen-bond acceptors (Lipinski definition) is 5. The summed E-state index contributed by atoms with van der Waals surface area (Å²) < 4.78 is 2.34. The average Bonchev–Trinajstić information content (AvgIpc) is 3.23. The van der Waals surface area contributed by atoms with Crippen LogP contribution >= 0.6 is 11.6 Å². The Balaban J connectivity index is 1.68. The maximum Gasteiger partial charge on any atom is 0.209 e. The van der Waals surface area contributed by atoms with E-state index in [-0.39, 0.29) is 0 Å². The van der Waals surface area contributed by atoms with Crippen molar-refractivity contribution in [2.45, 2.75) is 12.5 Å². The molecule has 0 radical (unpaired) electrons. The van der Waals surface area contributed by atoms with E-state index in [1.807, 2.05) is 36.4 Å². The molecule has 0 amide bonds. The Morgan fingerprint density at radius 3 is 2.64 bits per heavy atom. The van der Waals surface area contributed by atoms with Crippen molar-refractivity contribution in [2.24, 2.45) is 5.73 Å². The Morgan fingerprint density at radius 2 is 1.93 bits per heavy atom. The molecule has 1 atom stereocenters. The first-order valence-corrected chi connectivity index (χ1v) is 9.05. The Labute approximate surface area is 166 Å². The highest BCUT2D eigenvalue weighted by Crippen LogP contribution is 2.29. The maximum atomic E-state index is 12.7. The van der Waals surface area contributed by atoms with E-state index < -0.39 is 6.04 Å². The van der Waals surface area contributed by atoms with E-state index in [2.05, 4.69) is 15.5 Å². The van der Waals surface area contributed by atoms with E-state index in [9.17, 15) is 5.21 Å². The number of tetrazole rings is 1. The summed E-state index contributed by atoms with van der Waals surface area (Å²) in [6, 6.07) is 18.4. The van der Waals surface area contributed by atoms with Gasteiger partial charge in [-0.25, -0.2) is 0 Å². The second-order valence-corrected chi connectivity index (χ2v) is 6.82.